The second kappa shape index (κ2) is 11.8. The summed E-state index contributed by atoms with van der Waals surface area (Å²) in [7, 11) is 1.52. The number of hydrogen-bond donors (Lipinski definition) is 1. The molecule has 2 aromatic carbocycles. The minimum absolute atomic E-state index is 0.0996. The van der Waals surface area contributed by atoms with Gasteiger partial charge in [-0.25, -0.2) is 13.2 Å². The van der Waals surface area contributed by atoms with Gasteiger partial charge in [0.2, 0.25) is 5.91 Å². The number of nitrogens with one attached hydrogen (secondary N) is 1. The third-order valence-electron chi connectivity index (χ3n) is 7.30. The Morgan fingerprint density at radius 2 is 1.76 bits per heavy atom. The van der Waals surface area contributed by atoms with Gasteiger partial charge in [-0.15, -0.1) is 0 Å². The van der Waals surface area contributed by atoms with Crippen LogP contribution in [0, 0.1) is 17.6 Å². The zero-order valence-corrected chi connectivity index (χ0v) is 22.2. The Morgan fingerprint density at radius 1 is 1.03 bits per heavy atom. The SMILES string of the molecule is CNC(=O)C1CCCN1C(=O)c1ccc(-c2ccc(OCC3CCN(CC(C)(C)F)CC3)c(F)c2)c(F)c1. The lowest BCUT2D eigenvalue weighted by Gasteiger charge is -2.34. The first kappa shape index (κ1) is 28.0. The van der Waals surface area contributed by atoms with E-state index in [4.69, 9.17) is 4.74 Å². The molecule has 1 N–H and O–H groups in total. The van der Waals surface area contributed by atoms with Crippen molar-refractivity contribution in [2.24, 2.45) is 5.92 Å². The fourth-order valence-corrected chi connectivity index (χ4v) is 5.33. The molecule has 2 aliphatic heterocycles. The molecule has 2 saturated heterocycles. The first-order chi connectivity index (χ1) is 18.1. The van der Waals surface area contributed by atoms with Crippen molar-refractivity contribution in [3.05, 3.63) is 53.6 Å². The Kier molecular flexibility index (Phi) is 8.65. The van der Waals surface area contributed by atoms with E-state index in [1.807, 2.05) is 0 Å². The Morgan fingerprint density at radius 3 is 2.39 bits per heavy atom. The maximum atomic E-state index is 15.0. The number of hydrogen-bond acceptors (Lipinski definition) is 4. The molecular weight excluding hydrogens is 495 g/mol. The molecule has 0 spiro atoms. The number of rotatable bonds is 8. The summed E-state index contributed by atoms with van der Waals surface area (Å²) in [6.07, 6.45) is 2.98. The van der Waals surface area contributed by atoms with Crippen LogP contribution in [0.1, 0.15) is 49.9 Å². The molecule has 2 amide bonds. The third kappa shape index (κ3) is 6.67. The Hall–Kier alpha value is -3.07. The van der Waals surface area contributed by atoms with Crippen molar-refractivity contribution in [2.75, 3.05) is 39.8 Å². The number of alkyl halides is 1. The minimum Gasteiger partial charge on any atom is -0.490 e. The van der Waals surface area contributed by atoms with E-state index in [1.54, 1.807) is 19.9 Å². The molecule has 38 heavy (non-hydrogen) atoms. The van der Waals surface area contributed by atoms with Crippen LogP contribution in [0.4, 0.5) is 13.2 Å². The van der Waals surface area contributed by atoms with E-state index in [0.29, 0.717) is 38.1 Å². The minimum atomic E-state index is -1.23. The summed E-state index contributed by atoms with van der Waals surface area (Å²) in [6.45, 7) is 5.91. The predicted octanol–water partition coefficient (Wildman–Crippen LogP) is 4.82. The van der Waals surface area contributed by atoms with Gasteiger partial charge in [-0.3, -0.25) is 9.59 Å². The van der Waals surface area contributed by atoms with E-state index in [2.05, 4.69) is 10.2 Å². The highest BCUT2D eigenvalue weighted by Crippen LogP contribution is 2.30. The van der Waals surface area contributed by atoms with Crippen LogP contribution in [0.15, 0.2) is 36.4 Å². The van der Waals surface area contributed by atoms with Crippen molar-refractivity contribution in [1.82, 2.24) is 15.1 Å². The van der Waals surface area contributed by atoms with Gasteiger partial charge in [-0.2, -0.15) is 0 Å². The average molecular weight is 532 g/mol. The van der Waals surface area contributed by atoms with Crippen LogP contribution < -0.4 is 10.1 Å². The Bertz CT molecular complexity index is 1160. The van der Waals surface area contributed by atoms with Gasteiger partial charge in [0.1, 0.15) is 17.5 Å². The number of carbonyl (C=O) groups is 2. The summed E-state index contributed by atoms with van der Waals surface area (Å²) in [5.41, 5.74) is -0.589. The molecule has 206 valence electrons. The van der Waals surface area contributed by atoms with Gasteiger partial charge in [0.15, 0.2) is 11.6 Å². The number of likely N-dealkylation sites (N-methyl/N-ethyl adjacent to an activating group) is 1. The molecule has 0 saturated carbocycles. The van der Waals surface area contributed by atoms with Crippen LogP contribution in [0.5, 0.6) is 5.75 Å². The topological polar surface area (TPSA) is 61.9 Å². The van der Waals surface area contributed by atoms with Gasteiger partial charge in [0, 0.05) is 31.3 Å². The number of carbonyl (C=O) groups excluding carboxylic acids is 2. The molecule has 0 radical (unpaired) electrons. The molecule has 9 heteroatoms. The van der Waals surface area contributed by atoms with Gasteiger partial charge in [0.25, 0.3) is 5.91 Å². The molecule has 2 heterocycles. The van der Waals surface area contributed by atoms with Gasteiger partial charge < -0.3 is 19.9 Å². The van der Waals surface area contributed by atoms with E-state index in [0.717, 1.165) is 32.0 Å². The highest BCUT2D eigenvalue weighted by Gasteiger charge is 2.34. The molecule has 0 aliphatic carbocycles. The lowest BCUT2D eigenvalue weighted by Crippen LogP contribution is -2.44. The van der Waals surface area contributed by atoms with Crippen molar-refractivity contribution in [3.63, 3.8) is 0 Å². The molecule has 0 bridgehead atoms. The summed E-state index contributed by atoms with van der Waals surface area (Å²) in [6, 6.07) is 7.83. The highest BCUT2D eigenvalue weighted by atomic mass is 19.1. The van der Waals surface area contributed by atoms with Crippen molar-refractivity contribution < 1.29 is 27.5 Å². The molecule has 2 aliphatic rings. The maximum Gasteiger partial charge on any atom is 0.254 e. The average Bonchev–Trinajstić information content (AvgIpc) is 3.37. The molecule has 4 rings (SSSR count). The number of amides is 2. The summed E-state index contributed by atoms with van der Waals surface area (Å²) in [4.78, 5) is 28.6. The molecule has 1 unspecified atom stereocenters. The number of likely N-dealkylation sites (tertiary alicyclic amines) is 2. The van der Waals surface area contributed by atoms with Crippen LogP contribution in [0.3, 0.4) is 0 Å². The second-order valence-corrected chi connectivity index (χ2v) is 10.9. The Labute approximate surface area is 222 Å². The molecule has 0 aromatic heterocycles. The van der Waals surface area contributed by atoms with Gasteiger partial charge in [-0.1, -0.05) is 12.1 Å². The van der Waals surface area contributed by atoms with Crippen LogP contribution in [0.25, 0.3) is 11.1 Å². The van der Waals surface area contributed by atoms with Crippen LogP contribution >= 0.6 is 0 Å². The smallest absolute Gasteiger partial charge is 0.254 e. The van der Waals surface area contributed by atoms with Gasteiger partial charge in [0.05, 0.1) is 6.61 Å². The first-order valence-electron chi connectivity index (χ1n) is 13.2. The predicted molar refractivity (Wildman–Crippen MR) is 140 cm³/mol. The van der Waals surface area contributed by atoms with Crippen molar-refractivity contribution in [2.45, 2.75) is 51.2 Å². The van der Waals surface area contributed by atoms with Crippen LogP contribution in [-0.2, 0) is 4.79 Å². The van der Waals surface area contributed by atoms with Crippen molar-refractivity contribution in [1.29, 1.82) is 0 Å². The molecule has 2 aromatic rings. The Balaban J connectivity index is 1.37. The molecule has 6 nitrogen and oxygen atoms in total. The lowest BCUT2D eigenvalue weighted by molar-refractivity contribution is -0.124. The molecule has 1 atom stereocenters. The lowest BCUT2D eigenvalue weighted by atomic mass is 9.96. The monoisotopic (exact) mass is 531 g/mol. The fourth-order valence-electron chi connectivity index (χ4n) is 5.33. The fraction of sp³-hybridized carbons (Fsp3) is 0.517. The van der Waals surface area contributed by atoms with E-state index in [-0.39, 0.29) is 28.7 Å². The first-order valence-corrected chi connectivity index (χ1v) is 13.2. The number of halogens is 3. The standard InChI is InChI=1S/C29H36F3N3O3/c1-29(2,32)18-34-13-10-19(11-14-34)17-38-26-9-7-20(15-24(26)31)22-8-6-21(16-23(22)30)28(37)35-12-4-5-25(35)27(36)33-3/h6-9,15-16,19,25H,4-5,10-14,17-18H2,1-3H3,(H,33,36). The van der Waals surface area contributed by atoms with E-state index < -0.39 is 29.3 Å². The third-order valence-corrected chi connectivity index (χ3v) is 7.30. The van der Waals surface area contributed by atoms with E-state index in [9.17, 15) is 18.4 Å². The summed E-state index contributed by atoms with van der Waals surface area (Å²) < 4.78 is 49.5. The summed E-state index contributed by atoms with van der Waals surface area (Å²) in [5.74, 6) is -1.53. The van der Waals surface area contributed by atoms with Gasteiger partial charge in [-0.05, 0) is 88.4 Å². The molecular formula is C29H36F3N3O3. The number of ether oxygens (including phenoxy) is 1. The quantitative estimate of drug-likeness (QED) is 0.531. The normalized spacial score (nSPS) is 19.0. The van der Waals surface area contributed by atoms with E-state index in [1.165, 1.54) is 36.2 Å². The van der Waals surface area contributed by atoms with E-state index >= 15 is 4.39 Å². The van der Waals surface area contributed by atoms with Crippen LogP contribution in [0.2, 0.25) is 0 Å². The number of nitrogens with zero attached hydrogens (tertiary/aromatic N) is 2. The largest absolute Gasteiger partial charge is 0.490 e. The van der Waals surface area contributed by atoms with Crippen LogP contribution in [-0.4, -0.2) is 73.2 Å². The van der Waals surface area contributed by atoms with Crippen molar-refractivity contribution in [3.8, 4) is 16.9 Å². The zero-order valence-electron chi connectivity index (χ0n) is 22.2. The van der Waals surface area contributed by atoms with Gasteiger partial charge >= 0.3 is 0 Å². The molecule has 2 fully saturated rings. The van der Waals surface area contributed by atoms with Crippen molar-refractivity contribution >= 4 is 11.8 Å². The zero-order chi connectivity index (χ0) is 27.4. The maximum absolute atomic E-state index is 15.0. The second-order valence-electron chi connectivity index (χ2n) is 10.9. The summed E-state index contributed by atoms with van der Waals surface area (Å²) >= 11 is 0. The number of benzene rings is 2. The number of piperidine rings is 1. The summed E-state index contributed by atoms with van der Waals surface area (Å²) in [5, 5.41) is 2.56. The highest BCUT2D eigenvalue weighted by molar-refractivity contribution is 5.98.